The molecule has 3 aromatic heterocycles. The van der Waals surface area contributed by atoms with Crippen LogP contribution in [0.25, 0.3) is 11.3 Å². The number of fused-ring (bicyclic) bond motifs is 1. The first-order valence-electron chi connectivity index (χ1n) is 9.30. The molecule has 0 fully saturated rings. The number of pyridine rings is 1. The van der Waals surface area contributed by atoms with Crippen LogP contribution in [0.4, 0.5) is 5.82 Å². The van der Waals surface area contributed by atoms with Crippen molar-refractivity contribution in [2.24, 2.45) is 0 Å². The minimum absolute atomic E-state index is 0.0225. The van der Waals surface area contributed by atoms with Crippen LogP contribution >= 0.6 is 11.3 Å². The van der Waals surface area contributed by atoms with Crippen LogP contribution in [-0.2, 0) is 17.6 Å². The third-order valence-electron chi connectivity index (χ3n) is 4.88. The number of thiophene rings is 1. The molecule has 0 radical (unpaired) electrons. The van der Waals surface area contributed by atoms with E-state index in [-0.39, 0.29) is 18.4 Å². The van der Waals surface area contributed by atoms with E-state index >= 15 is 0 Å². The Labute approximate surface area is 166 Å². The van der Waals surface area contributed by atoms with Crippen LogP contribution in [0.3, 0.4) is 0 Å². The van der Waals surface area contributed by atoms with Gasteiger partial charge in [0.05, 0.1) is 11.3 Å². The molecule has 0 spiro atoms. The summed E-state index contributed by atoms with van der Waals surface area (Å²) < 4.78 is 0. The maximum Gasteiger partial charge on any atom is 0.255 e. The summed E-state index contributed by atoms with van der Waals surface area (Å²) in [7, 11) is 0. The number of carbonyl (C=O) groups excluding carboxylic acids is 2. The Morgan fingerprint density at radius 1 is 1.32 bits per heavy atom. The second kappa shape index (κ2) is 7.93. The number of aromatic nitrogens is 3. The Hall–Kier alpha value is -3.00. The lowest BCUT2D eigenvalue weighted by molar-refractivity contribution is -0.116. The summed E-state index contributed by atoms with van der Waals surface area (Å²) in [6.07, 6.45) is 5.90. The van der Waals surface area contributed by atoms with Crippen molar-refractivity contribution in [2.75, 3.05) is 18.4 Å². The number of anilines is 1. The summed E-state index contributed by atoms with van der Waals surface area (Å²) >= 11 is 1.60. The van der Waals surface area contributed by atoms with E-state index in [1.54, 1.807) is 28.6 Å². The Balaban J connectivity index is 1.49. The molecule has 2 N–H and O–H groups in total. The highest BCUT2D eigenvalue weighted by Gasteiger charge is 2.25. The molecule has 0 aromatic carbocycles. The van der Waals surface area contributed by atoms with Crippen LogP contribution in [0, 0.1) is 0 Å². The van der Waals surface area contributed by atoms with Gasteiger partial charge in [-0.2, -0.15) is 5.10 Å². The molecule has 4 heterocycles. The molecule has 3 aromatic rings. The molecule has 0 aliphatic carbocycles. The van der Waals surface area contributed by atoms with Gasteiger partial charge in [0.25, 0.3) is 5.91 Å². The van der Waals surface area contributed by atoms with Crippen molar-refractivity contribution in [3.63, 3.8) is 0 Å². The molecule has 7 nitrogen and oxygen atoms in total. The molecule has 0 unspecified atom stereocenters. The number of aromatic amines is 1. The summed E-state index contributed by atoms with van der Waals surface area (Å²) in [5, 5.41) is 12.1. The van der Waals surface area contributed by atoms with Gasteiger partial charge in [-0.25, -0.2) is 0 Å². The minimum atomic E-state index is -0.241. The van der Waals surface area contributed by atoms with E-state index < -0.39 is 0 Å². The second-order valence-corrected chi connectivity index (χ2v) is 7.65. The van der Waals surface area contributed by atoms with Gasteiger partial charge in [0.1, 0.15) is 6.54 Å². The van der Waals surface area contributed by atoms with Crippen LogP contribution in [-0.4, -0.2) is 45.0 Å². The van der Waals surface area contributed by atoms with Crippen LogP contribution < -0.4 is 5.32 Å². The quantitative estimate of drug-likeness (QED) is 0.694. The minimum Gasteiger partial charge on any atom is -0.329 e. The standard InChI is InChI=1S/C20H21N5O2S/c1-2-14-18(13-5-8-21-9-6-13)23-24-19(14)22-17(26)12-25-10-3-4-16-15(20(25)27)7-11-28-16/h5-9,11H,2-4,10,12H2,1H3,(H2,22,23,24,26). The van der Waals surface area contributed by atoms with Crippen molar-refractivity contribution in [1.29, 1.82) is 0 Å². The van der Waals surface area contributed by atoms with Gasteiger partial charge in [-0.15, -0.1) is 11.3 Å². The van der Waals surface area contributed by atoms with Crippen LogP contribution in [0.5, 0.6) is 0 Å². The average molecular weight is 395 g/mol. The molecule has 0 atom stereocenters. The van der Waals surface area contributed by atoms with Crippen molar-refractivity contribution in [2.45, 2.75) is 26.2 Å². The highest BCUT2D eigenvalue weighted by atomic mass is 32.1. The normalized spacial score (nSPS) is 13.9. The largest absolute Gasteiger partial charge is 0.329 e. The Morgan fingerprint density at radius 3 is 2.93 bits per heavy atom. The van der Waals surface area contributed by atoms with Gasteiger partial charge < -0.3 is 10.2 Å². The van der Waals surface area contributed by atoms with Gasteiger partial charge in [-0.05, 0) is 42.8 Å². The lowest BCUT2D eigenvalue weighted by Crippen LogP contribution is -2.38. The maximum absolute atomic E-state index is 12.7. The number of rotatable bonds is 5. The van der Waals surface area contributed by atoms with Crippen molar-refractivity contribution in [3.05, 3.63) is 52.0 Å². The molecular formula is C20H21N5O2S. The van der Waals surface area contributed by atoms with Gasteiger partial charge in [0.2, 0.25) is 5.91 Å². The first-order chi connectivity index (χ1) is 13.7. The summed E-state index contributed by atoms with van der Waals surface area (Å²) in [5.41, 5.74) is 3.49. The molecule has 0 saturated carbocycles. The predicted octanol–water partition coefficient (Wildman–Crippen LogP) is 3.12. The number of H-pyrrole nitrogens is 1. The monoisotopic (exact) mass is 395 g/mol. The zero-order chi connectivity index (χ0) is 19.5. The summed E-state index contributed by atoms with van der Waals surface area (Å²) in [5.74, 6) is 0.200. The third kappa shape index (κ3) is 3.55. The zero-order valence-electron chi connectivity index (χ0n) is 15.6. The van der Waals surface area contributed by atoms with E-state index in [0.717, 1.165) is 40.1 Å². The molecule has 8 heteroatoms. The van der Waals surface area contributed by atoms with E-state index in [2.05, 4.69) is 20.5 Å². The summed E-state index contributed by atoms with van der Waals surface area (Å²) in [4.78, 5) is 32.1. The molecule has 4 rings (SSSR count). The van der Waals surface area contributed by atoms with Gasteiger partial charge in [0, 0.05) is 34.9 Å². The van der Waals surface area contributed by atoms with Crippen molar-refractivity contribution < 1.29 is 9.59 Å². The van der Waals surface area contributed by atoms with Crippen molar-refractivity contribution >= 4 is 29.0 Å². The molecule has 144 valence electrons. The Kier molecular flexibility index (Phi) is 5.21. The molecule has 0 saturated heterocycles. The van der Waals surface area contributed by atoms with E-state index in [1.165, 1.54) is 0 Å². The fraction of sp³-hybridized carbons (Fsp3) is 0.300. The fourth-order valence-electron chi connectivity index (χ4n) is 3.49. The molecule has 28 heavy (non-hydrogen) atoms. The molecule has 1 aliphatic heterocycles. The van der Waals surface area contributed by atoms with Gasteiger partial charge in [-0.1, -0.05) is 6.92 Å². The Bertz CT molecular complexity index is 995. The number of aryl methyl sites for hydroxylation is 1. The van der Waals surface area contributed by atoms with Crippen LogP contribution in [0.2, 0.25) is 0 Å². The number of nitrogens with zero attached hydrogens (tertiary/aromatic N) is 3. The zero-order valence-corrected chi connectivity index (χ0v) is 16.4. The van der Waals surface area contributed by atoms with Crippen molar-refractivity contribution in [3.8, 4) is 11.3 Å². The average Bonchev–Trinajstić information content (AvgIpc) is 3.31. The Morgan fingerprint density at radius 2 is 2.14 bits per heavy atom. The van der Waals surface area contributed by atoms with Gasteiger partial charge in [-0.3, -0.25) is 19.7 Å². The summed E-state index contributed by atoms with van der Waals surface area (Å²) in [6, 6.07) is 5.64. The van der Waals surface area contributed by atoms with E-state index in [1.807, 2.05) is 30.5 Å². The highest BCUT2D eigenvalue weighted by molar-refractivity contribution is 7.10. The lowest BCUT2D eigenvalue weighted by atomic mass is 10.1. The lowest BCUT2D eigenvalue weighted by Gasteiger charge is -2.19. The molecular weight excluding hydrogens is 374 g/mol. The van der Waals surface area contributed by atoms with Crippen LogP contribution in [0.1, 0.15) is 34.1 Å². The number of carbonyl (C=O) groups is 2. The molecule has 0 bridgehead atoms. The van der Waals surface area contributed by atoms with E-state index in [0.29, 0.717) is 18.8 Å². The smallest absolute Gasteiger partial charge is 0.255 e. The van der Waals surface area contributed by atoms with E-state index in [9.17, 15) is 9.59 Å². The van der Waals surface area contributed by atoms with Gasteiger partial charge >= 0.3 is 0 Å². The van der Waals surface area contributed by atoms with Crippen LogP contribution in [0.15, 0.2) is 36.0 Å². The summed E-state index contributed by atoms with van der Waals surface area (Å²) in [6.45, 7) is 2.62. The molecule has 1 aliphatic rings. The fourth-order valence-corrected chi connectivity index (χ4v) is 4.41. The molecule has 2 amide bonds. The number of hydrogen-bond acceptors (Lipinski definition) is 5. The first kappa shape index (κ1) is 18.4. The first-order valence-corrected chi connectivity index (χ1v) is 10.2. The van der Waals surface area contributed by atoms with Crippen molar-refractivity contribution in [1.82, 2.24) is 20.1 Å². The number of amides is 2. The van der Waals surface area contributed by atoms with Gasteiger partial charge in [0.15, 0.2) is 5.82 Å². The number of hydrogen-bond donors (Lipinski definition) is 2. The number of nitrogens with one attached hydrogen (secondary N) is 2. The second-order valence-electron chi connectivity index (χ2n) is 6.65. The maximum atomic E-state index is 12.7. The third-order valence-corrected chi connectivity index (χ3v) is 5.86. The SMILES string of the molecule is CCc1c(NC(=O)CN2CCCc3sccc3C2=O)n[nH]c1-c1ccncc1. The predicted molar refractivity (Wildman–Crippen MR) is 108 cm³/mol. The highest BCUT2D eigenvalue weighted by Crippen LogP contribution is 2.27. The topological polar surface area (TPSA) is 91.0 Å². The van der Waals surface area contributed by atoms with E-state index in [4.69, 9.17) is 0 Å².